The SMILES string of the molecule is COCCCNC(=O)COC(=O)[C@H](C)N1C(=O)c2ccccc2C1=O. The van der Waals surface area contributed by atoms with Gasteiger partial charge in [0.1, 0.15) is 6.04 Å². The maximum atomic E-state index is 12.3. The molecule has 1 heterocycles. The lowest BCUT2D eigenvalue weighted by atomic mass is 10.1. The van der Waals surface area contributed by atoms with Gasteiger partial charge in [-0.05, 0) is 25.5 Å². The summed E-state index contributed by atoms with van der Waals surface area (Å²) in [5.41, 5.74) is 0.506. The number of esters is 1. The van der Waals surface area contributed by atoms with E-state index in [0.29, 0.717) is 19.6 Å². The number of amides is 3. The third kappa shape index (κ3) is 4.21. The summed E-state index contributed by atoms with van der Waals surface area (Å²) in [5, 5.41) is 2.57. The Morgan fingerprint density at radius 3 is 2.32 bits per heavy atom. The Balaban J connectivity index is 1.88. The van der Waals surface area contributed by atoms with E-state index in [9.17, 15) is 19.2 Å². The number of carbonyl (C=O) groups is 4. The number of hydrogen-bond donors (Lipinski definition) is 1. The van der Waals surface area contributed by atoms with Crippen LogP contribution in [0.4, 0.5) is 0 Å². The molecule has 1 aromatic carbocycles. The van der Waals surface area contributed by atoms with E-state index >= 15 is 0 Å². The minimum atomic E-state index is -1.12. The summed E-state index contributed by atoms with van der Waals surface area (Å²) in [5.74, 6) is -2.37. The molecule has 2 rings (SSSR count). The molecule has 0 spiro atoms. The molecule has 0 aliphatic carbocycles. The van der Waals surface area contributed by atoms with Crippen molar-refractivity contribution in [2.45, 2.75) is 19.4 Å². The highest BCUT2D eigenvalue weighted by atomic mass is 16.5. The van der Waals surface area contributed by atoms with Gasteiger partial charge < -0.3 is 14.8 Å². The average molecular weight is 348 g/mol. The van der Waals surface area contributed by atoms with Gasteiger partial charge in [0.05, 0.1) is 11.1 Å². The molecule has 1 N–H and O–H groups in total. The average Bonchev–Trinajstić information content (AvgIpc) is 2.87. The van der Waals surface area contributed by atoms with Crippen molar-refractivity contribution in [2.24, 2.45) is 0 Å². The fourth-order valence-corrected chi connectivity index (χ4v) is 2.42. The Kier molecular flexibility index (Phi) is 6.24. The maximum absolute atomic E-state index is 12.3. The first kappa shape index (κ1) is 18.6. The van der Waals surface area contributed by atoms with Crippen molar-refractivity contribution in [2.75, 3.05) is 26.9 Å². The Bertz CT molecular complexity index is 652. The van der Waals surface area contributed by atoms with Crippen molar-refractivity contribution in [1.29, 1.82) is 0 Å². The van der Waals surface area contributed by atoms with Gasteiger partial charge in [-0.3, -0.25) is 19.3 Å². The predicted molar refractivity (Wildman–Crippen MR) is 86.9 cm³/mol. The molecule has 0 bridgehead atoms. The lowest BCUT2D eigenvalue weighted by molar-refractivity contribution is -0.151. The van der Waals surface area contributed by atoms with Gasteiger partial charge in [-0.2, -0.15) is 0 Å². The number of benzene rings is 1. The van der Waals surface area contributed by atoms with E-state index in [2.05, 4.69) is 5.32 Å². The van der Waals surface area contributed by atoms with Crippen LogP contribution in [0.3, 0.4) is 0 Å². The quantitative estimate of drug-likeness (QED) is 0.414. The highest BCUT2D eigenvalue weighted by Crippen LogP contribution is 2.24. The minimum absolute atomic E-state index is 0.253. The molecule has 0 fully saturated rings. The van der Waals surface area contributed by atoms with Crippen molar-refractivity contribution >= 4 is 23.7 Å². The number of nitrogens with zero attached hydrogens (tertiary/aromatic N) is 1. The molecule has 0 saturated heterocycles. The number of ether oxygens (including phenoxy) is 2. The van der Waals surface area contributed by atoms with E-state index in [1.807, 2.05) is 0 Å². The van der Waals surface area contributed by atoms with Crippen LogP contribution in [0.5, 0.6) is 0 Å². The van der Waals surface area contributed by atoms with Crippen LogP contribution in [0.1, 0.15) is 34.1 Å². The van der Waals surface area contributed by atoms with Crippen molar-refractivity contribution < 1.29 is 28.7 Å². The van der Waals surface area contributed by atoms with Crippen molar-refractivity contribution in [3.8, 4) is 0 Å². The summed E-state index contributed by atoms with van der Waals surface area (Å²) in [6.45, 7) is 1.83. The molecule has 0 unspecified atom stereocenters. The largest absolute Gasteiger partial charge is 0.454 e. The first-order chi connectivity index (χ1) is 12.0. The van der Waals surface area contributed by atoms with Gasteiger partial charge in [0.2, 0.25) is 0 Å². The smallest absolute Gasteiger partial charge is 0.329 e. The molecule has 1 aliphatic rings. The molecule has 0 radical (unpaired) electrons. The molecule has 1 atom stereocenters. The molecular formula is C17H20N2O6. The predicted octanol–water partition coefficient (Wildman–Crippen LogP) is 0.367. The molecule has 3 amide bonds. The van der Waals surface area contributed by atoms with Gasteiger partial charge in [-0.1, -0.05) is 12.1 Å². The van der Waals surface area contributed by atoms with E-state index in [1.54, 1.807) is 19.2 Å². The van der Waals surface area contributed by atoms with Gasteiger partial charge in [-0.15, -0.1) is 0 Å². The monoisotopic (exact) mass is 348 g/mol. The second-order valence-corrected chi connectivity index (χ2v) is 5.51. The molecule has 1 aromatic rings. The second kappa shape index (κ2) is 8.39. The van der Waals surface area contributed by atoms with Crippen molar-refractivity contribution in [1.82, 2.24) is 10.2 Å². The zero-order chi connectivity index (χ0) is 18.4. The van der Waals surface area contributed by atoms with Crippen molar-refractivity contribution in [3.05, 3.63) is 35.4 Å². The van der Waals surface area contributed by atoms with Gasteiger partial charge in [0, 0.05) is 20.3 Å². The molecule has 8 nitrogen and oxygen atoms in total. The standard InChI is InChI=1S/C17H20N2O6/c1-11(17(23)25-10-14(20)18-8-5-9-24-2)19-15(21)12-6-3-4-7-13(12)16(19)22/h3-4,6-7,11H,5,8-10H2,1-2H3,(H,18,20)/t11-/m0/s1. The minimum Gasteiger partial charge on any atom is -0.454 e. The first-order valence-electron chi connectivity index (χ1n) is 7.86. The van der Waals surface area contributed by atoms with E-state index in [0.717, 1.165) is 4.90 Å². The van der Waals surface area contributed by atoms with E-state index in [4.69, 9.17) is 9.47 Å². The lowest BCUT2D eigenvalue weighted by Gasteiger charge is -2.20. The first-order valence-corrected chi connectivity index (χ1v) is 7.86. The van der Waals surface area contributed by atoms with Crippen LogP contribution < -0.4 is 5.32 Å². The number of fused-ring (bicyclic) bond motifs is 1. The Morgan fingerprint density at radius 2 is 1.76 bits per heavy atom. The van der Waals surface area contributed by atoms with Crippen LogP contribution in [0.2, 0.25) is 0 Å². The number of nitrogens with one attached hydrogen (secondary N) is 1. The fourth-order valence-electron chi connectivity index (χ4n) is 2.42. The summed E-state index contributed by atoms with van der Waals surface area (Å²) in [6, 6.07) is 5.23. The second-order valence-electron chi connectivity index (χ2n) is 5.51. The number of imide groups is 1. The molecule has 8 heteroatoms. The van der Waals surface area contributed by atoms with E-state index in [1.165, 1.54) is 19.1 Å². The Labute approximate surface area is 145 Å². The van der Waals surface area contributed by atoms with Crippen LogP contribution >= 0.6 is 0 Å². The van der Waals surface area contributed by atoms with Crippen LogP contribution in [0.25, 0.3) is 0 Å². The van der Waals surface area contributed by atoms with Gasteiger partial charge in [0.25, 0.3) is 17.7 Å². The third-order valence-electron chi connectivity index (χ3n) is 3.75. The molecule has 1 aliphatic heterocycles. The number of rotatable bonds is 8. The third-order valence-corrected chi connectivity index (χ3v) is 3.75. The maximum Gasteiger partial charge on any atom is 0.329 e. The Morgan fingerprint density at radius 1 is 1.16 bits per heavy atom. The zero-order valence-electron chi connectivity index (χ0n) is 14.1. The highest BCUT2D eigenvalue weighted by Gasteiger charge is 2.41. The molecular weight excluding hydrogens is 328 g/mol. The molecule has 134 valence electrons. The van der Waals surface area contributed by atoms with Crippen LogP contribution in [-0.4, -0.2) is 61.5 Å². The lowest BCUT2D eigenvalue weighted by Crippen LogP contribution is -2.44. The Hall–Kier alpha value is -2.74. The summed E-state index contributed by atoms with van der Waals surface area (Å²) >= 11 is 0. The summed E-state index contributed by atoms with van der Waals surface area (Å²) in [7, 11) is 1.56. The van der Waals surface area contributed by atoms with Crippen LogP contribution in [0.15, 0.2) is 24.3 Å². The van der Waals surface area contributed by atoms with E-state index < -0.39 is 36.3 Å². The molecule has 0 saturated carbocycles. The summed E-state index contributed by atoms with van der Waals surface area (Å²) in [4.78, 5) is 49.1. The van der Waals surface area contributed by atoms with E-state index in [-0.39, 0.29) is 11.1 Å². The van der Waals surface area contributed by atoms with Gasteiger partial charge >= 0.3 is 5.97 Å². The summed E-state index contributed by atoms with van der Waals surface area (Å²) in [6.07, 6.45) is 0.641. The fraction of sp³-hybridized carbons (Fsp3) is 0.412. The summed E-state index contributed by atoms with van der Waals surface area (Å²) < 4.78 is 9.75. The number of methoxy groups -OCH3 is 1. The zero-order valence-corrected chi connectivity index (χ0v) is 14.1. The number of carbonyl (C=O) groups excluding carboxylic acids is 4. The van der Waals surface area contributed by atoms with Gasteiger partial charge in [0.15, 0.2) is 6.61 Å². The van der Waals surface area contributed by atoms with Gasteiger partial charge in [-0.25, -0.2) is 4.79 Å². The molecule has 25 heavy (non-hydrogen) atoms. The van der Waals surface area contributed by atoms with Crippen LogP contribution in [-0.2, 0) is 19.1 Å². The van der Waals surface area contributed by atoms with Crippen LogP contribution in [0, 0.1) is 0 Å². The van der Waals surface area contributed by atoms with Crippen molar-refractivity contribution in [3.63, 3.8) is 0 Å². The number of hydrogen-bond acceptors (Lipinski definition) is 6. The topological polar surface area (TPSA) is 102 Å². The molecule has 0 aromatic heterocycles. The highest BCUT2D eigenvalue weighted by molar-refractivity contribution is 6.22. The normalized spacial score (nSPS) is 14.2.